The summed E-state index contributed by atoms with van der Waals surface area (Å²) in [4.78, 5) is 24.4. The van der Waals surface area contributed by atoms with Gasteiger partial charge in [0.15, 0.2) is 0 Å². The highest BCUT2D eigenvalue weighted by atomic mass is 16.4. The molecule has 1 atom stereocenters. The van der Waals surface area contributed by atoms with Crippen LogP contribution in [0.1, 0.15) is 29.0 Å². The quantitative estimate of drug-likeness (QED) is 0.819. The molecule has 1 aromatic rings. The molecule has 0 aromatic carbocycles. The Labute approximate surface area is 92.7 Å². The highest BCUT2D eigenvalue weighted by molar-refractivity contribution is 5.97. The van der Waals surface area contributed by atoms with E-state index in [9.17, 15) is 9.59 Å². The molecule has 1 N–H and O–H groups in total. The molecule has 5 heteroatoms. The monoisotopic (exact) mass is 223 g/mol. The van der Waals surface area contributed by atoms with E-state index in [1.165, 1.54) is 11.2 Å². The Morgan fingerprint density at radius 3 is 2.88 bits per heavy atom. The van der Waals surface area contributed by atoms with Crippen molar-refractivity contribution < 1.29 is 19.1 Å². The van der Waals surface area contributed by atoms with Gasteiger partial charge in [-0.2, -0.15) is 0 Å². The Hall–Kier alpha value is -1.78. The van der Waals surface area contributed by atoms with Crippen molar-refractivity contribution >= 4 is 11.9 Å². The molecule has 0 unspecified atom stereocenters. The minimum Gasteiger partial charge on any atom is -0.480 e. The van der Waals surface area contributed by atoms with Gasteiger partial charge in [0.2, 0.25) is 0 Å². The van der Waals surface area contributed by atoms with E-state index in [1.807, 2.05) is 0 Å². The maximum atomic E-state index is 12.0. The van der Waals surface area contributed by atoms with Crippen LogP contribution in [0.15, 0.2) is 16.7 Å². The molecule has 0 spiro atoms. The number of amides is 1. The summed E-state index contributed by atoms with van der Waals surface area (Å²) in [7, 11) is 0. The molecule has 1 fully saturated rings. The number of aliphatic carboxylic acids is 1. The number of nitrogens with zero attached hydrogens (tertiary/aromatic N) is 1. The topological polar surface area (TPSA) is 70.8 Å². The van der Waals surface area contributed by atoms with Gasteiger partial charge in [0.25, 0.3) is 5.91 Å². The molecule has 0 aliphatic carbocycles. The van der Waals surface area contributed by atoms with Crippen molar-refractivity contribution in [3.8, 4) is 0 Å². The molecule has 2 heterocycles. The average molecular weight is 223 g/mol. The van der Waals surface area contributed by atoms with Crippen LogP contribution in [0.4, 0.5) is 0 Å². The first-order chi connectivity index (χ1) is 7.61. The number of carbonyl (C=O) groups is 2. The number of hydrogen-bond acceptors (Lipinski definition) is 3. The Bertz CT molecular complexity index is 423. The fourth-order valence-corrected chi connectivity index (χ4v) is 2.03. The fraction of sp³-hybridized carbons (Fsp3) is 0.455. The zero-order chi connectivity index (χ0) is 11.7. The van der Waals surface area contributed by atoms with Crippen LogP contribution in [-0.4, -0.2) is 34.5 Å². The summed E-state index contributed by atoms with van der Waals surface area (Å²) >= 11 is 0. The van der Waals surface area contributed by atoms with Crippen molar-refractivity contribution in [1.82, 2.24) is 4.90 Å². The number of carboxylic acids is 1. The number of hydrogen-bond donors (Lipinski definition) is 1. The number of rotatable bonds is 2. The molecule has 0 saturated carbocycles. The van der Waals surface area contributed by atoms with E-state index in [4.69, 9.17) is 9.52 Å². The van der Waals surface area contributed by atoms with Gasteiger partial charge in [0.1, 0.15) is 11.8 Å². The molecule has 1 aromatic heterocycles. The summed E-state index contributed by atoms with van der Waals surface area (Å²) in [5.41, 5.74) is 0.452. The second-order valence-electron chi connectivity index (χ2n) is 3.89. The number of likely N-dealkylation sites (tertiary alicyclic amines) is 1. The lowest BCUT2D eigenvalue weighted by atomic mass is 10.2. The van der Waals surface area contributed by atoms with E-state index in [2.05, 4.69) is 0 Å². The largest absolute Gasteiger partial charge is 0.480 e. The van der Waals surface area contributed by atoms with E-state index in [1.54, 1.807) is 13.0 Å². The molecule has 1 aliphatic rings. The minimum atomic E-state index is -0.938. The molecule has 0 bridgehead atoms. The van der Waals surface area contributed by atoms with Crippen LogP contribution in [0.3, 0.4) is 0 Å². The van der Waals surface area contributed by atoms with Gasteiger partial charge in [-0.05, 0) is 25.8 Å². The minimum absolute atomic E-state index is 0.254. The molecule has 5 nitrogen and oxygen atoms in total. The van der Waals surface area contributed by atoms with Gasteiger partial charge >= 0.3 is 5.97 Å². The molecular weight excluding hydrogens is 210 g/mol. The standard InChI is InChI=1S/C11H13NO4/c1-7-8(4-6-16-7)10(13)12-5-2-3-9(12)11(14)15/h4,6,9H,2-3,5H2,1H3,(H,14,15)/t9-/m1/s1. The molecule has 1 saturated heterocycles. The first-order valence-corrected chi connectivity index (χ1v) is 5.19. The highest BCUT2D eigenvalue weighted by Crippen LogP contribution is 2.22. The van der Waals surface area contributed by atoms with Gasteiger partial charge in [-0.3, -0.25) is 4.79 Å². The van der Waals surface area contributed by atoms with Crippen molar-refractivity contribution in [2.45, 2.75) is 25.8 Å². The zero-order valence-corrected chi connectivity index (χ0v) is 8.97. The number of carbonyl (C=O) groups excluding carboxylic acids is 1. The van der Waals surface area contributed by atoms with E-state index in [0.717, 1.165) is 6.42 Å². The van der Waals surface area contributed by atoms with Crippen LogP contribution in [0.5, 0.6) is 0 Å². The summed E-state index contributed by atoms with van der Waals surface area (Å²) in [6, 6.07) is 0.885. The van der Waals surface area contributed by atoms with Gasteiger partial charge in [0.05, 0.1) is 11.8 Å². The molecule has 86 valence electrons. The van der Waals surface area contributed by atoms with Gasteiger partial charge < -0.3 is 14.4 Å². The maximum Gasteiger partial charge on any atom is 0.326 e. The molecule has 1 amide bonds. The SMILES string of the molecule is Cc1occc1C(=O)N1CCC[C@@H]1C(=O)O. The Kier molecular flexibility index (Phi) is 2.68. The second-order valence-corrected chi connectivity index (χ2v) is 3.89. The third-order valence-corrected chi connectivity index (χ3v) is 2.89. The van der Waals surface area contributed by atoms with Gasteiger partial charge in [0, 0.05) is 6.54 Å². The van der Waals surface area contributed by atoms with Crippen molar-refractivity contribution in [3.63, 3.8) is 0 Å². The van der Waals surface area contributed by atoms with Gasteiger partial charge in [-0.1, -0.05) is 0 Å². The van der Waals surface area contributed by atoms with E-state index in [-0.39, 0.29) is 5.91 Å². The van der Waals surface area contributed by atoms with E-state index >= 15 is 0 Å². The molecule has 2 rings (SSSR count). The van der Waals surface area contributed by atoms with Crippen molar-refractivity contribution in [2.24, 2.45) is 0 Å². The third kappa shape index (κ3) is 1.68. The smallest absolute Gasteiger partial charge is 0.326 e. The highest BCUT2D eigenvalue weighted by Gasteiger charge is 2.35. The maximum absolute atomic E-state index is 12.0. The van der Waals surface area contributed by atoms with Crippen LogP contribution >= 0.6 is 0 Å². The number of furan rings is 1. The van der Waals surface area contributed by atoms with Crippen LogP contribution < -0.4 is 0 Å². The predicted molar refractivity (Wildman–Crippen MR) is 55.1 cm³/mol. The fourth-order valence-electron chi connectivity index (χ4n) is 2.03. The third-order valence-electron chi connectivity index (χ3n) is 2.89. The normalized spacial score (nSPS) is 20.1. The van der Waals surface area contributed by atoms with Gasteiger partial charge in [-0.25, -0.2) is 4.79 Å². The van der Waals surface area contributed by atoms with E-state index < -0.39 is 12.0 Å². The summed E-state index contributed by atoms with van der Waals surface area (Å²) in [6.45, 7) is 2.19. The second kappa shape index (κ2) is 4.00. The summed E-state index contributed by atoms with van der Waals surface area (Å²) in [5, 5.41) is 8.98. The summed E-state index contributed by atoms with van der Waals surface area (Å²) in [6.07, 6.45) is 2.70. The lowest BCUT2D eigenvalue weighted by molar-refractivity contribution is -0.141. The van der Waals surface area contributed by atoms with Crippen LogP contribution in [-0.2, 0) is 4.79 Å². The average Bonchev–Trinajstić information content (AvgIpc) is 2.84. The number of carboxylic acid groups (broad SMARTS) is 1. The van der Waals surface area contributed by atoms with Crippen LogP contribution in [0.2, 0.25) is 0 Å². The first-order valence-electron chi connectivity index (χ1n) is 5.19. The van der Waals surface area contributed by atoms with Crippen LogP contribution in [0, 0.1) is 6.92 Å². The van der Waals surface area contributed by atoms with Gasteiger partial charge in [-0.15, -0.1) is 0 Å². The van der Waals surface area contributed by atoms with E-state index in [0.29, 0.717) is 24.3 Å². The molecule has 16 heavy (non-hydrogen) atoms. The Morgan fingerprint density at radius 2 is 2.31 bits per heavy atom. The van der Waals surface area contributed by atoms with Crippen molar-refractivity contribution in [3.05, 3.63) is 23.7 Å². The summed E-state index contributed by atoms with van der Waals surface area (Å²) < 4.78 is 5.05. The van der Waals surface area contributed by atoms with Crippen molar-refractivity contribution in [2.75, 3.05) is 6.54 Å². The molecular formula is C11H13NO4. The lowest BCUT2D eigenvalue weighted by Crippen LogP contribution is -2.40. The van der Waals surface area contributed by atoms with Crippen LogP contribution in [0.25, 0.3) is 0 Å². The predicted octanol–water partition coefficient (Wildman–Crippen LogP) is 1.28. The summed E-state index contributed by atoms with van der Waals surface area (Å²) in [5.74, 6) is -0.663. The zero-order valence-electron chi connectivity index (χ0n) is 8.97. The molecule has 1 aliphatic heterocycles. The number of aryl methyl sites for hydroxylation is 1. The first kappa shape index (κ1) is 10.7. The molecule has 0 radical (unpaired) electrons. The lowest BCUT2D eigenvalue weighted by Gasteiger charge is -2.20. The Balaban J connectivity index is 2.22. The Morgan fingerprint density at radius 1 is 1.56 bits per heavy atom. The van der Waals surface area contributed by atoms with Crippen molar-refractivity contribution in [1.29, 1.82) is 0 Å².